The molecule has 3 heteroatoms. The number of H-pyrrole nitrogens is 1. The van der Waals surface area contributed by atoms with Crippen LogP contribution < -0.4 is 0 Å². The molecule has 84 valence electrons. The van der Waals surface area contributed by atoms with E-state index in [1.54, 1.807) is 6.92 Å². The number of hydrogen-bond acceptors (Lipinski definition) is 2. The van der Waals surface area contributed by atoms with Crippen LogP contribution in [0.3, 0.4) is 0 Å². The summed E-state index contributed by atoms with van der Waals surface area (Å²) in [6, 6.07) is 4.23. The van der Waals surface area contributed by atoms with Crippen molar-refractivity contribution in [3.63, 3.8) is 0 Å². The van der Waals surface area contributed by atoms with Crippen LogP contribution in [0, 0.1) is 12.8 Å². The van der Waals surface area contributed by atoms with Gasteiger partial charge in [0.1, 0.15) is 5.78 Å². The second kappa shape index (κ2) is 4.08. The third kappa shape index (κ3) is 1.98. The van der Waals surface area contributed by atoms with Crippen LogP contribution >= 0.6 is 0 Å². The molecule has 0 saturated carbocycles. The van der Waals surface area contributed by atoms with Gasteiger partial charge in [-0.3, -0.25) is 9.89 Å². The third-order valence-corrected chi connectivity index (χ3v) is 3.04. The van der Waals surface area contributed by atoms with E-state index in [0.717, 1.165) is 17.3 Å². The van der Waals surface area contributed by atoms with Crippen LogP contribution in [0.4, 0.5) is 0 Å². The smallest absolute Gasteiger partial charge is 0.132 e. The van der Waals surface area contributed by atoms with Gasteiger partial charge in [-0.05, 0) is 37.5 Å². The molecule has 0 aliphatic rings. The second-order valence-corrected chi connectivity index (χ2v) is 4.46. The maximum Gasteiger partial charge on any atom is 0.132 e. The van der Waals surface area contributed by atoms with Gasteiger partial charge >= 0.3 is 0 Å². The molecule has 1 aromatic carbocycles. The predicted molar refractivity (Wildman–Crippen MR) is 64.4 cm³/mol. The number of benzene rings is 1. The van der Waals surface area contributed by atoms with Gasteiger partial charge in [-0.2, -0.15) is 5.10 Å². The SMILES string of the molecule is CC(=O)[C@H](C)Cc1cc(C)c2[nH]ncc2c1. The van der Waals surface area contributed by atoms with Gasteiger partial charge in [0.2, 0.25) is 0 Å². The van der Waals surface area contributed by atoms with Gasteiger partial charge < -0.3 is 0 Å². The Hall–Kier alpha value is -1.64. The van der Waals surface area contributed by atoms with Crippen LogP contribution in [0.1, 0.15) is 25.0 Å². The summed E-state index contributed by atoms with van der Waals surface area (Å²) >= 11 is 0. The van der Waals surface area contributed by atoms with Gasteiger partial charge in [0, 0.05) is 11.3 Å². The molecule has 0 bridgehead atoms. The number of nitrogens with one attached hydrogen (secondary N) is 1. The summed E-state index contributed by atoms with van der Waals surface area (Å²) in [5.41, 5.74) is 3.47. The summed E-state index contributed by atoms with van der Waals surface area (Å²) in [6.45, 7) is 5.67. The Morgan fingerprint density at radius 3 is 2.94 bits per heavy atom. The zero-order valence-electron chi connectivity index (χ0n) is 9.87. The van der Waals surface area contributed by atoms with Crippen LogP contribution in [-0.2, 0) is 11.2 Å². The number of aryl methyl sites for hydroxylation is 1. The first-order chi connectivity index (χ1) is 7.58. The number of hydrogen-bond donors (Lipinski definition) is 1. The van der Waals surface area contributed by atoms with E-state index in [2.05, 4.69) is 29.3 Å². The zero-order chi connectivity index (χ0) is 11.7. The van der Waals surface area contributed by atoms with E-state index in [0.29, 0.717) is 0 Å². The molecule has 1 heterocycles. The number of Topliss-reactive ketones (excluding diaryl/α,β-unsaturated/α-hetero) is 1. The zero-order valence-corrected chi connectivity index (χ0v) is 9.87. The van der Waals surface area contributed by atoms with E-state index in [4.69, 9.17) is 0 Å². The van der Waals surface area contributed by atoms with Gasteiger partial charge in [0.05, 0.1) is 11.7 Å². The number of aromatic nitrogens is 2. The van der Waals surface area contributed by atoms with E-state index in [1.165, 1.54) is 11.1 Å². The van der Waals surface area contributed by atoms with E-state index in [9.17, 15) is 4.79 Å². The Bertz CT molecular complexity index is 528. The van der Waals surface area contributed by atoms with Crippen molar-refractivity contribution in [2.45, 2.75) is 27.2 Å². The molecule has 1 aromatic heterocycles. The first kappa shape index (κ1) is 10.9. The Kier molecular flexibility index (Phi) is 2.77. The minimum atomic E-state index is 0.0868. The number of ketones is 1. The minimum Gasteiger partial charge on any atom is -0.300 e. The van der Waals surface area contributed by atoms with Crippen LogP contribution in [0.5, 0.6) is 0 Å². The quantitative estimate of drug-likeness (QED) is 0.857. The first-order valence-corrected chi connectivity index (χ1v) is 5.51. The first-order valence-electron chi connectivity index (χ1n) is 5.51. The number of aromatic amines is 1. The van der Waals surface area contributed by atoms with Gasteiger partial charge in [-0.15, -0.1) is 0 Å². The van der Waals surface area contributed by atoms with E-state index < -0.39 is 0 Å². The summed E-state index contributed by atoms with van der Waals surface area (Å²) in [5.74, 6) is 0.327. The van der Waals surface area contributed by atoms with E-state index in [-0.39, 0.29) is 11.7 Å². The molecule has 16 heavy (non-hydrogen) atoms. The van der Waals surface area contributed by atoms with Crippen molar-refractivity contribution >= 4 is 16.7 Å². The Balaban J connectivity index is 2.35. The molecule has 0 aliphatic carbocycles. The molecule has 0 unspecified atom stereocenters. The summed E-state index contributed by atoms with van der Waals surface area (Å²) < 4.78 is 0. The maximum absolute atomic E-state index is 11.2. The molecule has 1 atom stereocenters. The highest BCUT2D eigenvalue weighted by molar-refractivity contribution is 5.82. The number of nitrogens with zero attached hydrogens (tertiary/aromatic N) is 1. The number of rotatable bonds is 3. The lowest BCUT2D eigenvalue weighted by Gasteiger charge is -2.08. The van der Waals surface area contributed by atoms with Gasteiger partial charge in [-0.25, -0.2) is 0 Å². The van der Waals surface area contributed by atoms with Crippen LogP contribution in [0.25, 0.3) is 10.9 Å². The van der Waals surface area contributed by atoms with Crippen molar-refractivity contribution in [2.75, 3.05) is 0 Å². The largest absolute Gasteiger partial charge is 0.300 e. The Morgan fingerprint density at radius 2 is 2.25 bits per heavy atom. The standard InChI is InChI=1S/C13H16N2O/c1-8(10(3)16)4-11-5-9(2)13-12(6-11)7-14-15-13/h5-8H,4H2,1-3H3,(H,14,15)/t8-/m1/s1. The summed E-state index contributed by atoms with van der Waals surface area (Å²) in [6.07, 6.45) is 2.63. The lowest BCUT2D eigenvalue weighted by Crippen LogP contribution is -2.09. The topological polar surface area (TPSA) is 45.8 Å². The Labute approximate surface area is 94.9 Å². The third-order valence-electron chi connectivity index (χ3n) is 3.04. The second-order valence-electron chi connectivity index (χ2n) is 4.46. The molecule has 0 amide bonds. The van der Waals surface area contributed by atoms with Crippen molar-refractivity contribution in [2.24, 2.45) is 5.92 Å². The fourth-order valence-corrected chi connectivity index (χ4v) is 1.93. The highest BCUT2D eigenvalue weighted by Crippen LogP contribution is 2.20. The van der Waals surface area contributed by atoms with Crippen molar-refractivity contribution in [3.8, 4) is 0 Å². The fourth-order valence-electron chi connectivity index (χ4n) is 1.93. The lowest BCUT2D eigenvalue weighted by atomic mass is 9.96. The van der Waals surface area contributed by atoms with Crippen LogP contribution in [-0.4, -0.2) is 16.0 Å². The summed E-state index contributed by atoms with van der Waals surface area (Å²) in [4.78, 5) is 11.2. The molecule has 0 aliphatic heterocycles. The number of fused-ring (bicyclic) bond motifs is 1. The molecule has 1 N–H and O–H groups in total. The molecule has 0 fully saturated rings. The van der Waals surface area contributed by atoms with Crippen molar-refractivity contribution in [1.82, 2.24) is 10.2 Å². The van der Waals surface area contributed by atoms with Crippen molar-refractivity contribution in [1.29, 1.82) is 0 Å². The predicted octanol–water partition coefficient (Wildman–Crippen LogP) is 2.64. The van der Waals surface area contributed by atoms with Crippen molar-refractivity contribution in [3.05, 3.63) is 29.5 Å². The average Bonchev–Trinajstić information content (AvgIpc) is 2.65. The van der Waals surface area contributed by atoms with Crippen molar-refractivity contribution < 1.29 is 4.79 Å². The van der Waals surface area contributed by atoms with Gasteiger partial charge in [0.25, 0.3) is 0 Å². The highest BCUT2D eigenvalue weighted by atomic mass is 16.1. The van der Waals surface area contributed by atoms with Crippen LogP contribution in [0.2, 0.25) is 0 Å². The molecule has 0 saturated heterocycles. The molecular formula is C13H16N2O. The molecule has 2 aromatic rings. The molecular weight excluding hydrogens is 200 g/mol. The lowest BCUT2D eigenvalue weighted by molar-refractivity contribution is -0.120. The minimum absolute atomic E-state index is 0.0868. The fraction of sp³-hybridized carbons (Fsp3) is 0.385. The van der Waals surface area contributed by atoms with E-state index in [1.807, 2.05) is 13.1 Å². The van der Waals surface area contributed by atoms with Crippen LogP contribution in [0.15, 0.2) is 18.3 Å². The Morgan fingerprint density at radius 1 is 1.50 bits per heavy atom. The van der Waals surface area contributed by atoms with E-state index >= 15 is 0 Å². The number of carbonyl (C=O) groups is 1. The summed E-state index contributed by atoms with van der Waals surface area (Å²) in [7, 11) is 0. The normalized spacial score (nSPS) is 12.9. The monoisotopic (exact) mass is 216 g/mol. The molecule has 2 rings (SSSR count). The number of carbonyl (C=O) groups excluding carboxylic acids is 1. The van der Waals surface area contributed by atoms with Gasteiger partial charge in [-0.1, -0.05) is 13.0 Å². The molecule has 0 radical (unpaired) electrons. The summed E-state index contributed by atoms with van der Waals surface area (Å²) in [5, 5.41) is 8.12. The average molecular weight is 216 g/mol. The highest BCUT2D eigenvalue weighted by Gasteiger charge is 2.10. The maximum atomic E-state index is 11.2. The molecule has 0 spiro atoms. The molecule has 3 nitrogen and oxygen atoms in total. The van der Waals surface area contributed by atoms with Gasteiger partial charge in [0.15, 0.2) is 0 Å².